The van der Waals surface area contributed by atoms with Crippen LogP contribution in [-0.4, -0.2) is 31.4 Å². The molecular formula is C18H20O5. The van der Waals surface area contributed by atoms with Crippen LogP contribution in [0.3, 0.4) is 0 Å². The van der Waals surface area contributed by atoms with Gasteiger partial charge in [0.2, 0.25) is 0 Å². The summed E-state index contributed by atoms with van der Waals surface area (Å²) in [6.07, 6.45) is 0.436. The van der Waals surface area contributed by atoms with E-state index >= 15 is 0 Å². The molecule has 0 atom stereocenters. The zero-order valence-electron chi connectivity index (χ0n) is 13.0. The second-order valence-electron chi connectivity index (χ2n) is 4.85. The highest BCUT2D eigenvalue weighted by molar-refractivity contribution is 5.67. The topological polar surface area (TPSA) is 65.0 Å². The van der Waals surface area contributed by atoms with Crippen molar-refractivity contribution in [3.63, 3.8) is 0 Å². The lowest BCUT2D eigenvalue weighted by atomic mass is 10.1. The Hall–Kier alpha value is -2.69. The third kappa shape index (κ3) is 5.21. The van der Waals surface area contributed by atoms with E-state index in [1.54, 1.807) is 13.2 Å². The lowest BCUT2D eigenvalue weighted by molar-refractivity contribution is -0.136. The maximum Gasteiger partial charge on any atom is 0.303 e. The monoisotopic (exact) mass is 316 g/mol. The number of aryl methyl sites for hydroxylation is 1. The molecule has 0 aromatic heterocycles. The van der Waals surface area contributed by atoms with Gasteiger partial charge in [0.25, 0.3) is 0 Å². The SMILES string of the molecule is COc1cccc(CCC(=O)O)c1OCCOc1ccccc1. The van der Waals surface area contributed by atoms with Crippen molar-refractivity contribution in [3.05, 3.63) is 54.1 Å². The highest BCUT2D eigenvalue weighted by atomic mass is 16.5. The Morgan fingerprint density at radius 3 is 2.43 bits per heavy atom. The summed E-state index contributed by atoms with van der Waals surface area (Å²) in [7, 11) is 1.56. The Morgan fingerprint density at radius 1 is 1.00 bits per heavy atom. The first-order valence-corrected chi connectivity index (χ1v) is 7.39. The Morgan fingerprint density at radius 2 is 1.74 bits per heavy atom. The van der Waals surface area contributed by atoms with E-state index in [9.17, 15) is 4.79 Å². The first-order chi connectivity index (χ1) is 11.2. The summed E-state index contributed by atoms with van der Waals surface area (Å²) in [5.41, 5.74) is 0.812. The first-order valence-electron chi connectivity index (χ1n) is 7.39. The minimum absolute atomic E-state index is 0.0457. The maximum atomic E-state index is 10.8. The van der Waals surface area contributed by atoms with E-state index in [1.165, 1.54) is 0 Å². The van der Waals surface area contributed by atoms with E-state index in [1.807, 2.05) is 42.5 Å². The van der Waals surface area contributed by atoms with Crippen molar-refractivity contribution in [2.24, 2.45) is 0 Å². The van der Waals surface area contributed by atoms with Crippen LogP contribution < -0.4 is 14.2 Å². The van der Waals surface area contributed by atoms with Crippen molar-refractivity contribution < 1.29 is 24.1 Å². The standard InChI is InChI=1S/C18H20O5/c1-21-16-9-5-6-14(10-11-17(19)20)18(16)23-13-12-22-15-7-3-2-4-8-15/h2-9H,10-13H2,1H3,(H,19,20). The molecule has 0 aliphatic heterocycles. The number of ether oxygens (including phenoxy) is 3. The van der Waals surface area contributed by atoms with E-state index < -0.39 is 5.97 Å². The Labute approximate surface area is 135 Å². The van der Waals surface area contributed by atoms with Crippen LogP contribution in [0, 0.1) is 0 Å². The second-order valence-corrected chi connectivity index (χ2v) is 4.85. The zero-order valence-corrected chi connectivity index (χ0v) is 13.0. The van der Waals surface area contributed by atoms with Crippen LogP contribution in [0.25, 0.3) is 0 Å². The van der Waals surface area contributed by atoms with Crippen LogP contribution in [0.2, 0.25) is 0 Å². The number of benzene rings is 2. The van der Waals surface area contributed by atoms with Gasteiger partial charge in [0.1, 0.15) is 19.0 Å². The van der Waals surface area contributed by atoms with E-state index in [-0.39, 0.29) is 6.42 Å². The fourth-order valence-electron chi connectivity index (χ4n) is 2.14. The van der Waals surface area contributed by atoms with Gasteiger partial charge >= 0.3 is 5.97 Å². The Balaban J connectivity index is 1.95. The number of carbonyl (C=O) groups is 1. The number of hydrogen-bond donors (Lipinski definition) is 1. The van der Waals surface area contributed by atoms with Gasteiger partial charge in [-0.05, 0) is 30.2 Å². The van der Waals surface area contributed by atoms with Crippen LogP contribution in [0.5, 0.6) is 17.2 Å². The lowest BCUT2D eigenvalue weighted by Crippen LogP contribution is -2.11. The number of para-hydroxylation sites is 2. The summed E-state index contributed by atoms with van der Waals surface area (Å²) in [5, 5.41) is 8.84. The molecule has 0 saturated carbocycles. The molecule has 122 valence electrons. The molecule has 1 N–H and O–H groups in total. The molecule has 0 heterocycles. The van der Waals surface area contributed by atoms with E-state index in [4.69, 9.17) is 19.3 Å². The molecule has 0 spiro atoms. The number of hydrogen-bond acceptors (Lipinski definition) is 4. The molecule has 0 bridgehead atoms. The molecule has 0 aliphatic rings. The summed E-state index contributed by atoms with van der Waals surface area (Å²) in [6, 6.07) is 14.9. The molecule has 2 rings (SSSR count). The van der Waals surface area contributed by atoms with Gasteiger partial charge in [-0.1, -0.05) is 30.3 Å². The van der Waals surface area contributed by atoms with Crippen molar-refractivity contribution in [3.8, 4) is 17.2 Å². The third-order valence-corrected chi connectivity index (χ3v) is 3.23. The number of carboxylic acids is 1. The largest absolute Gasteiger partial charge is 0.493 e. The van der Waals surface area contributed by atoms with Crippen LogP contribution in [0.4, 0.5) is 0 Å². The van der Waals surface area contributed by atoms with Gasteiger partial charge in [0.05, 0.1) is 7.11 Å². The van der Waals surface area contributed by atoms with E-state index in [0.717, 1.165) is 11.3 Å². The summed E-state index contributed by atoms with van der Waals surface area (Å²) in [6.45, 7) is 0.732. The molecule has 5 heteroatoms. The van der Waals surface area contributed by atoms with Gasteiger partial charge in [0.15, 0.2) is 11.5 Å². The zero-order chi connectivity index (χ0) is 16.5. The van der Waals surface area contributed by atoms with Gasteiger partial charge in [-0.2, -0.15) is 0 Å². The molecule has 0 aliphatic carbocycles. The third-order valence-electron chi connectivity index (χ3n) is 3.23. The molecule has 0 unspecified atom stereocenters. The van der Waals surface area contributed by atoms with Crippen molar-refractivity contribution in [1.29, 1.82) is 0 Å². The minimum atomic E-state index is -0.841. The van der Waals surface area contributed by atoms with Gasteiger partial charge < -0.3 is 19.3 Å². The van der Waals surface area contributed by atoms with Crippen LogP contribution in [0.1, 0.15) is 12.0 Å². The predicted octanol–water partition coefficient (Wildman–Crippen LogP) is 3.17. The summed E-state index contributed by atoms with van der Waals surface area (Å²) in [5.74, 6) is 1.11. The highest BCUT2D eigenvalue weighted by Crippen LogP contribution is 2.31. The summed E-state index contributed by atoms with van der Waals surface area (Å²) >= 11 is 0. The molecule has 2 aromatic rings. The number of rotatable bonds is 9. The van der Waals surface area contributed by atoms with Crippen LogP contribution in [0.15, 0.2) is 48.5 Å². The molecule has 5 nitrogen and oxygen atoms in total. The fourth-order valence-corrected chi connectivity index (χ4v) is 2.14. The highest BCUT2D eigenvalue weighted by Gasteiger charge is 2.12. The van der Waals surface area contributed by atoms with Crippen molar-refractivity contribution in [2.75, 3.05) is 20.3 Å². The van der Waals surface area contributed by atoms with Crippen LogP contribution >= 0.6 is 0 Å². The Bertz CT molecular complexity index is 625. The van der Waals surface area contributed by atoms with Gasteiger partial charge in [-0.3, -0.25) is 4.79 Å². The fraction of sp³-hybridized carbons (Fsp3) is 0.278. The van der Waals surface area contributed by atoms with Crippen molar-refractivity contribution in [1.82, 2.24) is 0 Å². The Kier molecular flexibility index (Phi) is 6.29. The molecule has 2 aromatic carbocycles. The van der Waals surface area contributed by atoms with Gasteiger partial charge in [-0.15, -0.1) is 0 Å². The molecule has 0 fully saturated rings. The van der Waals surface area contributed by atoms with Crippen molar-refractivity contribution in [2.45, 2.75) is 12.8 Å². The summed E-state index contributed by atoms with van der Waals surface area (Å²) < 4.78 is 16.6. The second kappa shape index (κ2) is 8.68. The predicted molar refractivity (Wildman–Crippen MR) is 86.4 cm³/mol. The average Bonchev–Trinajstić information content (AvgIpc) is 2.58. The molecule has 23 heavy (non-hydrogen) atoms. The van der Waals surface area contributed by atoms with E-state index in [2.05, 4.69) is 0 Å². The molecule has 0 saturated heterocycles. The smallest absolute Gasteiger partial charge is 0.303 e. The number of methoxy groups -OCH3 is 1. The first kappa shape index (κ1) is 16.7. The normalized spacial score (nSPS) is 10.1. The number of aliphatic carboxylic acids is 1. The van der Waals surface area contributed by atoms with Gasteiger partial charge in [0, 0.05) is 6.42 Å². The number of carboxylic acid groups (broad SMARTS) is 1. The average molecular weight is 316 g/mol. The van der Waals surface area contributed by atoms with E-state index in [0.29, 0.717) is 31.1 Å². The van der Waals surface area contributed by atoms with Crippen LogP contribution in [-0.2, 0) is 11.2 Å². The molecule has 0 amide bonds. The van der Waals surface area contributed by atoms with Crippen molar-refractivity contribution >= 4 is 5.97 Å². The molecular weight excluding hydrogens is 296 g/mol. The minimum Gasteiger partial charge on any atom is -0.493 e. The quantitative estimate of drug-likeness (QED) is 0.720. The maximum absolute atomic E-state index is 10.8. The lowest BCUT2D eigenvalue weighted by Gasteiger charge is -2.15. The van der Waals surface area contributed by atoms with Gasteiger partial charge in [-0.25, -0.2) is 0 Å². The molecule has 0 radical (unpaired) electrons. The summed E-state index contributed by atoms with van der Waals surface area (Å²) in [4.78, 5) is 10.8.